The van der Waals surface area contributed by atoms with Gasteiger partial charge in [0.15, 0.2) is 0 Å². The van der Waals surface area contributed by atoms with Gasteiger partial charge in [-0.3, -0.25) is 19.2 Å². The van der Waals surface area contributed by atoms with Crippen molar-refractivity contribution in [3.05, 3.63) is 0 Å². The van der Waals surface area contributed by atoms with Gasteiger partial charge >= 0.3 is 11.9 Å². The van der Waals surface area contributed by atoms with Gasteiger partial charge < -0.3 is 42.7 Å². The Labute approximate surface area is 192 Å². The fraction of sp³-hybridized carbons (Fsp3) is 0.750. The van der Waals surface area contributed by atoms with Crippen molar-refractivity contribution in [1.82, 2.24) is 16.0 Å². The van der Waals surface area contributed by atoms with Crippen molar-refractivity contribution in [2.45, 2.75) is 76.5 Å². The van der Waals surface area contributed by atoms with E-state index in [1.54, 1.807) is 0 Å². The van der Waals surface area contributed by atoms with Crippen LogP contribution >= 0.6 is 0 Å². The number of carboxylic acids is 2. The molecule has 190 valence electrons. The molecule has 4 unspecified atom stereocenters. The molecule has 0 aliphatic rings. The number of aliphatic hydroxyl groups excluding tert-OH is 1. The number of carbonyl (C=O) groups is 5. The lowest BCUT2D eigenvalue weighted by atomic mass is 10.0. The van der Waals surface area contributed by atoms with Crippen LogP contribution in [0.25, 0.3) is 0 Å². The first-order valence-corrected chi connectivity index (χ1v) is 10.8. The first-order chi connectivity index (χ1) is 15.4. The third-order valence-electron chi connectivity index (χ3n) is 4.72. The first kappa shape index (κ1) is 30.2. The number of rotatable bonds is 17. The normalized spacial score (nSPS) is 14.6. The van der Waals surface area contributed by atoms with Crippen LogP contribution in [-0.4, -0.2) is 82.3 Å². The van der Waals surface area contributed by atoms with Gasteiger partial charge in [0.25, 0.3) is 0 Å². The highest BCUT2D eigenvalue weighted by Gasteiger charge is 2.30. The van der Waals surface area contributed by atoms with Crippen molar-refractivity contribution in [3.8, 4) is 0 Å². The Morgan fingerprint density at radius 3 is 1.85 bits per heavy atom. The average molecular weight is 476 g/mol. The highest BCUT2D eigenvalue weighted by atomic mass is 16.4. The molecule has 0 rings (SSSR count). The van der Waals surface area contributed by atoms with Crippen LogP contribution in [0, 0.1) is 5.92 Å². The van der Waals surface area contributed by atoms with E-state index in [0.29, 0.717) is 25.8 Å². The van der Waals surface area contributed by atoms with Gasteiger partial charge in [0.2, 0.25) is 17.7 Å². The van der Waals surface area contributed by atoms with E-state index in [1.165, 1.54) is 0 Å². The number of carboxylic acid groups (broad SMARTS) is 2. The number of carbonyl (C=O) groups excluding carboxylic acids is 3. The van der Waals surface area contributed by atoms with Gasteiger partial charge in [-0.25, -0.2) is 4.79 Å². The van der Waals surface area contributed by atoms with Crippen molar-refractivity contribution < 1.29 is 39.3 Å². The van der Waals surface area contributed by atoms with E-state index in [1.807, 2.05) is 13.8 Å². The Balaban J connectivity index is 5.17. The molecule has 33 heavy (non-hydrogen) atoms. The molecule has 0 aromatic rings. The first-order valence-electron chi connectivity index (χ1n) is 10.8. The van der Waals surface area contributed by atoms with E-state index in [9.17, 15) is 29.1 Å². The molecular formula is C20H37N5O8. The predicted octanol–water partition coefficient (Wildman–Crippen LogP) is -2.12. The zero-order chi connectivity index (χ0) is 25.6. The third-order valence-corrected chi connectivity index (χ3v) is 4.72. The lowest BCUT2D eigenvalue weighted by molar-refractivity contribution is -0.143. The van der Waals surface area contributed by atoms with E-state index >= 15 is 0 Å². The summed E-state index contributed by atoms with van der Waals surface area (Å²) < 4.78 is 0. The molecule has 0 saturated heterocycles. The molecule has 0 radical (unpaired) electrons. The Bertz CT molecular complexity index is 673. The van der Waals surface area contributed by atoms with E-state index in [2.05, 4.69) is 16.0 Å². The van der Waals surface area contributed by atoms with Gasteiger partial charge in [-0.1, -0.05) is 20.3 Å². The van der Waals surface area contributed by atoms with Crippen molar-refractivity contribution >= 4 is 29.7 Å². The summed E-state index contributed by atoms with van der Waals surface area (Å²) in [6.45, 7) is 3.27. The lowest BCUT2D eigenvalue weighted by Crippen LogP contribution is -2.58. The molecule has 0 fully saturated rings. The minimum absolute atomic E-state index is 0.0108. The summed E-state index contributed by atoms with van der Waals surface area (Å²) in [5.74, 6) is -5.01. The summed E-state index contributed by atoms with van der Waals surface area (Å²) >= 11 is 0. The van der Waals surface area contributed by atoms with Gasteiger partial charge in [-0.05, 0) is 38.1 Å². The predicted molar refractivity (Wildman–Crippen MR) is 118 cm³/mol. The van der Waals surface area contributed by atoms with Crippen LogP contribution in [0.2, 0.25) is 0 Å². The Kier molecular flexibility index (Phi) is 14.6. The Morgan fingerprint density at radius 2 is 1.36 bits per heavy atom. The largest absolute Gasteiger partial charge is 0.481 e. The second kappa shape index (κ2) is 15.9. The molecule has 0 aromatic heterocycles. The molecule has 0 bridgehead atoms. The van der Waals surface area contributed by atoms with Gasteiger partial charge in [0, 0.05) is 6.42 Å². The maximum Gasteiger partial charge on any atom is 0.326 e. The number of aliphatic carboxylic acids is 2. The minimum Gasteiger partial charge on any atom is -0.481 e. The molecule has 0 aliphatic heterocycles. The van der Waals surface area contributed by atoms with Gasteiger partial charge in [0.05, 0.1) is 12.6 Å². The van der Waals surface area contributed by atoms with E-state index in [-0.39, 0.29) is 18.8 Å². The molecule has 0 aliphatic carbocycles. The fourth-order valence-corrected chi connectivity index (χ4v) is 2.89. The zero-order valence-electron chi connectivity index (χ0n) is 19.1. The number of nitrogens with two attached hydrogens (primary N) is 2. The molecular weight excluding hydrogens is 438 g/mol. The van der Waals surface area contributed by atoms with Crippen molar-refractivity contribution in [2.75, 3.05) is 13.2 Å². The van der Waals surface area contributed by atoms with E-state index in [0.717, 1.165) is 0 Å². The lowest BCUT2D eigenvalue weighted by Gasteiger charge is -2.25. The summed E-state index contributed by atoms with van der Waals surface area (Å²) in [5, 5.41) is 34.4. The molecule has 0 saturated carbocycles. The van der Waals surface area contributed by atoms with Gasteiger partial charge in [-0.2, -0.15) is 0 Å². The number of aliphatic hydroxyl groups is 1. The summed E-state index contributed by atoms with van der Waals surface area (Å²) in [5.41, 5.74) is 11.3. The maximum absolute atomic E-state index is 12.7. The topological polar surface area (TPSA) is 234 Å². The van der Waals surface area contributed by atoms with Gasteiger partial charge in [-0.15, -0.1) is 0 Å². The summed E-state index contributed by atoms with van der Waals surface area (Å²) in [6.07, 6.45) is 1.08. The quantitative estimate of drug-likeness (QED) is 0.106. The second-order valence-corrected chi connectivity index (χ2v) is 8.16. The molecule has 0 heterocycles. The van der Waals surface area contributed by atoms with E-state index in [4.69, 9.17) is 21.7 Å². The average Bonchev–Trinajstić information content (AvgIpc) is 2.73. The maximum atomic E-state index is 12.7. The smallest absolute Gasteiger partial charge is 0.326 e. The summed E-state index contributed by atoms with van der Waals surface area (Å²) in [6, 6.07) is -4.91. The minimum atomic E-state index is -1.52. The Morgan fingerprint density at radius 1 is 0.818 bits per heavy atom. The van der Waals surface area contributed by atoms with Crippen LogP contribution in [0.1, 0.15) is 52.4 Å². The number of hydrogen-bond donors (Lipinski definition) is 8. The summed E-state index contributed by atoms with van der Waals surface area (Å²) in [7, 11) is 0. The fourth-order valence-electron chi connectivity index (χ4n) is 2.89. The molecule has 4 atom stereocenters. The number of hydrogen-bond acceptors (Lipinski definition) is 8. The molecule has 0 spiro atoms. The molecule has 0 aromatic carbocycles. The second-order valence-electron chi connectivity index (χ2n) is 8.16. The molecule has 10 N–H and O–H groups in total. The number of unbranched alkanes of at least 4 members (excludes halogenated alkanes) is 1. The molecule has 3 amide bonds. The van der Waals surface area contributed by atoms with Gasteiger partial charge in [0.1, 0.15) is 18.1 Å². The summed E-state index contributed by atoms with van der Waals surface area (Å²) in [4.78, 5) is 59.4. The van der Waals surface area contributed by atoms with E-state index < -0.39 is 66.9 Å². The van der Waals surface area contributed by atoms with Crippen LogP contribution in [0.5, 0.6) is 0 Å². The Hall–Kier alpha value is -2.77. The van der Waals surface area contributed by atoms with Crippen LogP contribution in [0.3, 0.4) is 0 Å². The van der Waals surface area contributed by atoms with Crippen molar-refractivity contribution in [3.63, 3.8) is 0 Å². The zero-order valence-corrected chi connectivity index (χ0v) is 19.1. The van der Waals surface area contributed by atoms with Crippen LogP contribution in [0.4, 0.5) is 0 Å². The highest BCUT2D eigenvalue weighted by molar-refractivity contribution is 5.94. The SMILES string of the molecule is CC(C)CC(NC(=O)C(N)CCCCN)C(=O)NC(CO)C(=O)NC(CCC(=O)O)C(=O)O. The van der Waals surface area contributed by atoms with Crippen LogP contribution < -0.4 is 27.4 Å². The monoisotopic (exact) mass is 475 g/mol. The van der Waals surface area contributed by atoms with Crippen LogP contribution in [0.15, 0.2) is 0 Å². The van der Waals surface area contributed by atoms with Crippen molar-refractivity contribution in [2.24, 2.45) is 17.4 Å². The molecule has 13 nitrogen and oxygen atoms in total. The third kappa shape index (κ3) is 12.7. The van der Waals surface area contributed by atoms with Crippen molar-refractivity contribution in [1.29, 1.82) is 0 Å². The number of amides is 3. The standard InChI is InChI=1S/C20H37N5O8/c1-11(2)9-14(24-17(29)12(22)5-3-4-8-21)18(30)25-15(10-26)19(31)23-13(20(32)33)6-7-16(27)28/h11-15,26H,3-10,21-22H2,1-2H3,(H,23,31)(H,24,29)(H,25,30)(H,27,28)(H,32,33). The molecule has 13 heteroatoms. The van der Waals surface area contributed by atoms with Crippen LogP contribution in [-0.2, 0) is 24.0 Å². The number of nitrogens with one attached hydrogen (secondary N) is 3. The highest BCUT2D eigenvalue weighted by Crippen LogP contribution is 2.07.